The highest BCUT2D eigenvalue weighted by atomic mass is 32.2. The molecule has 1 N–H and O–H groups in total. The summed E-state index contributed by atoms with van der Waals surface area (Å²) in [6.07, 6.45) is 1.77. The van der Waals surface area contributed by atoms with Crippen LogP contribution in [-0.2, 0) is 23.8 Å². The number of hydrogen-bond donors (Lipinski definition) is 1. The molecule has 0 aliphatic carbocycles. The number of alkyl halides is 1. The van der Waals surface area contributed by atoms with E-state index in [0.29, 0.717) is 4.68 Å². The predicted molar refractivity (Wildman–Crippen MR) is 106 cm³/mol. The number of hydrogen-bond acceptors (Lipinski definition) is 6. The SMILES string of the molecule is CC.CC.Cc1nn(C(=O)NS(=O)(=O)/N=c2\sccn2CCCF)c(=O)n1C. The molecule has 2 aromatic rings. The number of halogens is 1. The predicted octanol–water partition coefficient (Wildman–Crippen LogP) is 1.57. The third-order valence-corrected chi connectivity index (χ3v) is 4.75. The fourth-order valence-corrected chi connectivity index (χ4v) is 3.46. The first-order valence-electron chi connectivity index (χ1n) is 8.71. The molecule has 0 aromatic carbocycles. The molecule has 0 saturated carbocycles. The lowest BCUT2D eigenvalue weighted by atomic mass is 10.5. The molecule has 0 bridgehead atoms. The lowest BCUT2D eigenvalue weighted by Crippen LogP contribution is -2.40. The Morgan fingerprint density at radius 2 is 1.93 bits per heavy atom. The van der Waals surface area contributed by atoms with Crippen molar-refractivity contribution in [2.24, 2.45) is 11.4 Å². The number of amides is 1. The van der Waals surface area contributed by atoms with E-state index in [1.807, 2.05) is 27.7 Å². The van der Waals surface area contributed by atoms with E-state index in [1.54, 1.807) is 16.3 Å². The molecular weight excluding hydrogens is 411 g/mol. The van der Waals surface area contributed by atoms with Crippen molar-refractivity contribution in [1.29, 1.82) is 0 Å². The Hall–Kier alpha value is -2.28. The van der Waals surface area contributed by atoms with Crippen molar-refractivity contribution >= 4 is 27.6 Å². The van der Waals surface area contributed by atoms with Gasteiger partial charge in [0.25, 0.3) is 0 Å². The van der Waals surface area contributed by atoms with Crippen LogP contribution in [0.25, 0.3) is 0 Å². The van der Waals surface area contributed by atoms with Gasteiger partial charge in [-0.05, 0) is 13.3 Å². The van der Waals surface area contributed by atoms with Gasteiger partial charge in [-0.3, -0.25) is 8.96 Å². The largest absolute Gasteiger partial charge is 0.361 e. The van der Waals surface area contributed by atoms with Gasteiger partial charge in [0.1, 0.15) is 5.82 Å². The standard InChI is InChI=1S/C11H15FN6O4S2.2C2H6/c1-8-13-18(11(20)16(8)2)9(19)14-24(21,22)15-10-17(5-3-4-12)6-7-23-10;2*1-2/h6-7H,3-5H2,1-2H3,(H,14,19);2*1-2H3/b15-10-;;. The van der Waals surface area contributed by atoms with Crippen LogP contribution in [0.2, 0.25) is 0 Å². The Kier molecular flexibility index (Phi) is 11.2. The first-order chi connectivity index (χ1) is 13.2. The molecule has 0 atom stereocenters. The molecule has 0 spiro atoms. The Balaban J connectivity index is 0.00000171. The van der Waals surface area contributed by atoms with Crippen LogP contribution >= 0.6 is 11.3 Å². The average Bonchev–Trinajstić information content (AvgIpc) is 3.21. The molecule has 0 fully saturated rings. The van der Waals surface area contributed by atoms with Crippen molar-refractivity contribution < 1.29 is 17.6 Å². The summed E-state index contributed by atoms with van der Waals surface area (Å²) in [5, 5.41) is 5.24. The van der Waals surface area contributed by atoms with Crippen molar-refractivity contribution in [3.8, 4) is 0 Å². The molecule has 28 heavy (non-hydrogen) atoms. The lowest BCUT2D eigenvalue weighted by Gasteiger charge is -2.02. The second kappa shape index (κ2) is 12.2. The first kappa shape index (κ1) is 25.7. The highest BCUT2D eigenvalue weighted by Gasteiger charge is 2.19. The van der Waals surface area contributed by atoms with Gasteiger partial charge in [-0.25, -0.2) is 14.3 Å². The molecular formula is C15H27FN6O4S2. The van der Waals surface area contributed by atoms with Crippen molar-refractivity contribution in [3.05, 3.63) is 32.7 Å². The van der Waals surface area contributed by atoms with Crippen LogP contribution in [0.1, 0.15) is 39.9 Å². The fourth-order valence-electron chi connectivity index (χ4n) is 1.72. The maximum Gasteiger partial charge on any atom is 0.361 e. The van der Waals surface area contributed by atoms with Crippen LogP contribution in [-0.4, -0.2) is 40.0 Å². The second-order valence-electron chi connectivity index (χ2n) is 4.70. The summed E-state index contributed by atoms with van der Waals surface area (Å²) in [6, 6.07) is -1.24. The van der Waals surface area contributed by atoms with Crippen molar-refractivity contribution in [3.63, 3.8) is 0 Å². The number of aromatic nitrogens is 4. The molecule has 2 aromatic heterocycles. The lowest BCUT2D eigenvalue weighted by molar-refractivity contribution is 0.243. The van der Waals surface area contributed by atoms with Gasteiger partial charge in [-0.2, -0.15) is 8.42 Å². The van der Waals surface area contributed by atoms with Crippen molar-refractivity contribution in [2.75, 3.05) is 6.67 Å². The topological polar surface area (TPSA) is 120 Å². The van der Waals surface area contributed by atoms with Gasteiger partial charge in [0.15, 0.2) is 0 Å². The zero-order valence-corrected chi connectivity index (χ0v) is 18.5. The van der Waals surface area contributed by atoms with Crippen LogP contribution < -0.4 is 15.2 Å². The van der Waals surface area contributed by atoms with E-state index in [0.717, 1.165) is 15.9 Å². The maximum absolute atomic E-state index is 12.2. The quantitative estimate of drug-likeness (QED) is 0.760. The minimum atomic E-state index is -4.41. The molecule has 1 amide bonds. The van der Waals surface area contributed by atoms with Crippen LogP contribution in [0.5, 0.6) is 0 Å². The Morgan fingerprint density at radius 1 is 1.32 bits per heavy atom. The Labute approximate surface area is 167 Å². The number of carbonyl (C=O) groups excluding carboxylic acids is 1. The van der Waals surface area contributed by atoms with E-state index in [4.69, 9.17) is 0 Å². The van der Waals surface area contributed by atoms with E-state index in [9.17, 15) is 22.4 Å². The third-order valence-electron chi connectivity index (χ3n) is 3.00. The molecule has 0 saturated heterocycles. The van der Waals surface area contributed by atoms with Crippen molar-refractivity contribution in [2.45, 2.75) is 47.6 Å². The van der Waals surface area contributed by atoms with Crippen molar-refractivity contribution in [1.82, 2.24) is 23.6 Å². The van der Waals surface area contributed by atoms with E-state index >= 15 is 0 Å². The van der Waals surface area contributed by atoms with E-state index < -0.39 is 28.6 Å². The molecule has 13 heteroatoms. The minimum absolute atomic E-state index is 0.0771. The average molecular weight is 439 g/mol. The second-order valence-corrected chi connectivity index (χ2v) is 6.91. The highest BCUT2D eigenvalue weighted by molar-refractivity contribution is 7.88. The molecule has 2 heterocycles. The van der Waals surface area contributed by atoms with Gasteiger partial charge < -0.3 is 4.57 Å². The van der Waals surface area contributed by atoms with Gasteiger partial charge in [0, 0.05) is 25.2 Å². The van der Waals surface area contributed by atoms with Gasteiger partial charge in [-0.1, -0.05) is 27.7 Å². The van der Waals surface area contributed by atoms with E-state index in [-0.39, 0.29) is 23.6 Å². The summed E-state index contributed by atoms with van der Waals surface area (Å²) in [5.41, 5.74) is -0.783. The summed E-state index contributed by atoms with van der Waals surface area (Å²) in [6.45, 7) is 9.19. The number of aryl methyl sites for hydroxylation is 2. The fraction of sp³-hybridized carbons (Fsp3) is 0.600. The van der Waals surface area contributed by atoms with E-state index in [2.05, 4.69) is 9.50 Å². The number of rotatable bonds is 5. The number of thiazole rings is 1. The van der Waals surface area contributed by atoms with Crippen LogP contribution in [0, 0.1) is 6.92 Å². The van der Waals surface area contributed by atoms with Crippen LogP contribution in [0.4, 0.5) is 9.18 Å². The summed E-state index contributed by atoms with van der Waals surface area (Å²) >= 11 is 1.01. The molecule has 0 unspecified atom stereocenters. The van der Waals surface area contributed by atoms with Gasteiger partial charge >= 0.3 is 21.9 Å². The third kappa shape index (κ3) is 7.03. The van der Waals surface area contributed by atoms with Gasteiger partial charge in [0.2, 0.25) is 4.80 Å². The molecule has 10 nitrogen and oxygen atoms in total. The minimum Gasteiger partial charge on any atom is -0.323 e. The zero-order chi connectivity index (χ0) is 21.9. The summed E-state index contributed by atoms with van der Waals surface area (Å²) < 4.78 is 44.3. The van der Waals surface area contributed by atoms with E-state index in [1.165, 1.54) is 18.5 Å². The van der Waals surface area contributed by atoms with Crippen LogP contribution in [0.3, 0.4) is 0 Å². The molecule has 0 aliphatic heterocycles. The summed E-state index contributed by atoms with van der Waals surface area (Å²) in [5.74, 6) is 0.242. The monoisotopic (exact) mass is 438 g/mol. The molecule has 0 radical (unpaired) electrons. The zero-order valence-electron chi connectivity index (χ0n) is 16.8. The Bertz CT molecular complexity index is 971. The summed E-state index contributed by atoms with van der Waals surface area (Å²) in [7, 11) is -3.01. The number of nitrogens with zero attached hydrogens (tertiary/aromatic N) is 5. The van der Waals surface area contributed by atoms with Gasteiger partial charge in [0.05, 0.1) is 6.67 Å². The molecule has 0 aliphatic rings. The van der Waals surface area contributed by atoms with Gasteiger partial charge in [-0.15, -0.1) is 25.5 Å². The highest BCUT2D eigenvalue weighted by Crippen LogP contribution is 1.96. The Morgan fingerprint density at radius 3 is 2.43 bits per heavy atom. The number of carbonyl (C=O) groups is 1. The molecule has 160 valence electrons. The maximum atomic E-state index is 12.2. The van der Waals surface area contributed by atoms with Crippen LogP contribution in [0.15, 0.2) is 20.8 Å². The normalized spacial score (nSPS) is 11.2. The summed E-state index contributed by atoms with van der Waals surface area (Å²) in [4.78, 5) is 23.7. The molecule has 2 rings (SSSR count). The number of nitrogens with one attached hydrogen (secondary N) is 1. The smallest absolute Gasteiger partial charge is 0.323 e. The first-order valence-corrected chi connectivity index (χ1v) is 11.0.